The van der Waals surface area contributed by atoms with E-state index < -0.39 is 6.04 Å². The maximum absolute atomic E-state index is 12.5. The fourth-order valence-corrected chi connectivity index (χ4v) is 2.54. The number of hydrogen-bond acceptors (Lipinski definition) is 4. The Labute approximate surface area is 153 Å². The van der Waals surface area contributed by atoms with Gasteiger partial charge in [-0.05, 0) is 41.7 Å². The molecule has 0 aliphatic heterocycles. The van der Waals surface area contributed by atoms with Gasteiger partial charge in [0.05, 0.1) is 6.07 Å². The lowest BCUT2D eigenvalue weighted by Crippen LogP contribution is -2.47. The second-order valence-corrected chi connectivity index (χ2v) is 6.35. The van der Waals surface area contributed by atoms with Gasteiger partial charge in [-0.3, -0.25) is 14.6 Å². The highest BCUT2D eigenvalue weighted by atomic mass is 16.2. The lowest BCUT2D eigenvalue weighted by atomic mass is 10.0. The molecule has 2 amide bonds. The predicted molar refractivity (Wildman–Crippen MR) is 99.0 cm³/mol. The average Bonchev–Trinajstić information content (AvgIpc) is 2.66. The van der Waals surface area contributed by atoms with Crippen LogP contribution in [0, 0.1) is 17.2 Å². The van der Waals surface area contributed by atoms with Crippen LogP contribution in [0.4, 0.5) is 0 Å². The fraction of sp³-hybridized carbons (Fsp3) is 0.300. The van der Waals surface area contributed by atoms with Crippen LogP contribution in [0.3, 0.4) is 0 Å². The second-order valence-electron chi connectivity index (χ2n) is 6.35. The van der Waals surface area contributed by atoms with E-state index in [0.29, 0.717) is 12.0 Å². The lowest BCUT2D eigenvalue weighted by Gasteiger charge is -2.19. The van der Waals surface area contributed by atoms with Crippen molar-refractivity contribution in [3.63, 3.8) is 0 Å². The van der Waals surface area contributed by atoms with E-state index in [1.165, 1.54) is 0 Å². The van der Waals surface area contributed by atoms with Crippen molar-refractivity contribution in [1.82, 2.24) is 15.6 Å². The number of nitrogens with one attached hydrogen (secondary N) is 2. The van der Waals surface area contributed by atoms with Crippen molar-refractivity contribution in [3.05, 3.63) is 54.4 Å². The molecule has 0 aliphatic carbocycles. The van der Waals surface area contributed by atoms with Crippen LogP contribution in [-0.2, 0) is 4.79 Å². The topological polar surface area (TPSA) is 94.9 Å². The summed E-state index contributed by atoms with van der Waals surface area (Å²) < 4.78 is 0. The highest BCUT2D eigenvalue weighted by Crippen LogP contribution is 2.18. The molecular weight excluding hydrogens is 328 g/mol. The number of nitrogens with zero attached hydrogens (tertiary/aromatic N) is 2. The summed E-state index contributed by atoms with van der Waals surface area (Å²) in [5, 5.41) is 13.9. The highest BCUT2D eigenvalue weighted by molar-refractivity contribution is 5.97. The molecule has 0 saturated heterocycles. The van der Waals surface area contributed by atoms with Crippen LogP contribution in [0.2, 0.25) is 0 Å². The van der Waals surface area contributed by atoms with E-state index in [4.69, 9.17) is 5.26 Å². The number of pyridine rings is 1. The Morgan fingerprint density at radius 1 is 1.15 bits per heavy atom. The van der Waals surface area contributed by atoms with Gasteiger partial charge in [-0.15, -0.1) is 0 Å². The standard InChI is InChI=1S/C20H22N4O2/c1-14(2)12-18(20(26)23-11-9-21)24-19(25)16-7-5-15(6-8-16)17-4-3-10-22-13-17/h3-8,10,13-14,18H,11-12H2,1-2H3,(H,23,26)(H,24,25)/t18-/m0/s1. The summed E-state index contributed by atoms with van der Waals surface area (Å²) in [5.74, 6) is -0.442. The van der Waals surface area contributed by atoms with Gasteiger partial charge in [-0.2, -0.15) is 5.26 Å². The van der Waals surface area contributed by atoms with Crippen molar-refractivity contribution in [2.75, 3.05) is 6.54 Å². The number of aromatic nitrogens is 1. The van der Waals surface area contributed by atoms with E-state index in [1.54, 1.807) is 24.5 Å². The van der Waals surface area contributed by atoms with Crippen LogP contribution >= 0.6 is 0 Å². The summed E-state index contributed by atoms with van der Waals surface area (Å²) in [5.41, 5.74) is 2.40. The van der Waals surface area contributed by atoms with Crippen molar-refractivity contribution in [3.8, 4) is 17.2 Å². The van der Waals surface area contributed by atoms with Gasteiger partial charge in [0.1, 0.15) is 12.6 Å². The smallest absolute Gasteiger partial charge is 0.251 e. The Kier molecular flexibility index (Phi) is 6.86. The molecule has 2 N–H and O–H groups in total. The van der Waals surface area contributed by atoms with Crippen LogP contribution in [0.1, 0.15) is 30.6 Å². The molecule has 0 fully saturated rings. The molecule has 0 bridgehead atoms. The Morgan fingerprint density at radius 2 is 1.88 bits per heavy atom. The lowest BCUT2D eigenvalue weighted by molar-refractivity contribution is -0.123. The number of hydrogen-bond donors (Lipinski definition) is 2. The Balaban J connectivity index is 2.08. The van der Waals surface area contributed by atoms with Crippen molar-refractivity contribution in [2.45, 2.75) is 26.3 Å². The van der Waals surface area contributed by atoms with Crippen molar-refractivity contribution >= 4 is 11.8 Å². The van der Waals surface area contributed by atoms with Gasteiger partial charge in [-0.25, -0.2) is 0 Å². The molecule has 0 radical (unpaired) electrons. The van der Waals surface area contributed by atoms with Gasteiger partial charge in [-0.1, -0.05) is 32.0 Å². The normalized spacial score (nSPS) is 11.5. The van der Waals surface area contributed by atoms with Gasteiger partial charge >= 0.3 is 0 Å². The van der Waals surface area contributed by atoms with E-state index in [1.807, 2.05) is 44.2 Å². The van der Waals surface area contributed by atoms with Gasteiger partial charge < -0.3 is 10.6 Å². The molecule has 1 aromatic heterocycles. The zero-order valence-corrected chi connectivity index (χ0v) is 14.9. The van der Waals surface area contributed by atoms with Crippen molar-refractivity contribution in [1.29, 1.82) is 5.26 Å². The number of amides is 2. The molecule has 0 saturated carbocycles. The summed E-state index contributed by atoms with van der Waals surface area (Å²) in [7, 11) is 0. The van der Waals surface area contributed by atoms with Crippen LogP contribution in [0.5, 0.6) is 0 Å². The molecule has 1 atom stereocenters. The van der Waals surface area contributed by atoms with E-state index in [-0.39, 0.29) is 24.3 Å². The summed E-state index contributed by atoms with van der Waals surface area (Å²) in [6.45, 7) is 3.86. The number of rotatable bonds is 7. The molecule has 0 unspecified atom stereocenters. The monoisotopic (exact) mass is 350 g/mol. The molecule has 1 aromatic carbocycles. The molecule has 6 nitrogen and oxygen atoms in total. The maximum atomic E-state index is 12.5. The quantitative estimate of drug-likeness (QED) is 0.750. The number of carbonyl (C=O) groups excluding carboxylic acids is 2. The summed E-state index contributed by atoms with van der Waals surface area (Å²) >= 11 is 0. The van der Waals surface area contributed by atoms with Gasteiger partial charge in [0.15, 0.2) is 0 Å². The first-order valence-electron chi connectivity index (χ1n) is 8.47. The summed E-state index contributed by atoms with van der Waals surface area (Å²) in [6, 6.07) is 12.1. The van der Waals surface area contributed by atoms with E-state index in [2.05, 4.69) is 15.6 Å². The first kappa shape index (κ1) is 19.1. The minimum atomic E-state index is -0.672. The van der Waals surface area contributed by atoms with Gasteiger partial charge in [0.25, 0.3) is 5.91 Å². The van der Waals surface area contributed by atoms with Crippen LogP contribution in [0.25, 0.3) is 11.1 Å². The SMILES string of the molecule is CC(C)C[C@H](NC(=O)c1ccc(-c2cccnc2)cc1)C(=O)NCC#N. The molecule has 2 rings (SSSR count). The molecular formula is C20H22N4O2. The van der Waals surface area contributed by atoms with Gasteiger partial charge in [0.2, 0.25) is 5.91 Å². The van der Waals surface area contributed by atoms with E-state index >= 15 is 0 Å². The second kappa shape index (κ2) is 9.33. The van der Waals surface area contributed by atoms with E-state index in [9.17, 15) is 9.59 Å². The van der Waals surface area contributed by atoms with Crippen molar-refractivity contribution in [2.24, 2.45) is 5.92 Å². The van der Waals surface area contributed by atoms with Crippen LogP contribution in [0.15, 0.2) is 48.8 Å². The third-order valence-electron chi connectivity index (χ3n) is 3.81. The minimum absolute atomic E-state index is 0.0803. The van der Waals surface area contributed by atoms with Crippen molar-refractivity contribution < 1.29 is 9.59 Å². The molecule has 26 heavy (non-hydrogen) atoms. The Hall–Kier alpha value is -3.20. The largest absolute Gasteiger partial charge is 0.341 e. The van der Waals surface area contributed by atoms with E-state index in [0.717, 1.165) is 11.1 Å². The Morgan fingerprint density at radius 3 is 2.46 bits per heavy atom. The van der Waals surface area contributed by atoms with Crippen LogP contribution < -0.4 is 10.6 Å². The highest BCUT2D eigenvalue weighted by Gasteiger charge is 2.22. The first-order chi connectivity index (χ1) is 12.5. The zero-order valence-electron chi connectivity index (χ0n) is 14.9. The third kappa shape index (κ3) is 5.42. The Bertz CT molecular complexity index is 780. The minimum Gasteiger partial charge on any atom is -0.341 e. The first-order valence-corrected chi connectivity index (χ1v) is 8.47. The average molecular weight is 350 g/mol. The predicted octanol–water partition coefficient (Wildman–Crippen LogP) is 2.53. The summed E-state index contributed by atoms with van der Waals surface area (Å²) in [4.78, 5) is 28.7. The molecule has 1 heterocycles. The molecule has 6 heteroatoms. The number of benzene rings is 1. The number of carbonyl (C=O) groups is 2. The molecule has 134 valence electrons. The van der Waals surface area contributed by atoms with Gasteiger partial charge in [0, 0.05) is 18.0 Å². The summed E-state index contributed by atoms with van der Waals surface area (Å²) in [6.07, 6.45) is 3.96. The zero-order chi connectivity index (χ0) is 18.9. The fourth-order valence-electron chi connectivity index (χ4n) is 2.54. The molecule has 0 spiro atoms. The molecule has 2 aromatic rings. The maximum Gasteiger partial charge on any atom is 0.251 e. The third-order valence-corrected chi connectivity index (χ3v) is 3.81. The van der Waals surface area contributed by atoms with Crippen LogP contribution in [-0.4, -0.2) is 29.4 Å². The number of nitriles is 1. The molecule has 0 aliphatic rings.